The Bertz CT molecular complexity index is 428. The fourth-order valence-electron chi connectivity index (χ4n) is 1.79. The number of benzene rings is 1. The van der Waals surface area contributed by atoms with Gasteiger partial charge in [-0.25, -0.2) is 8.42 Å². The first-order chi connectivity index (χ1) is 8.04. The molecule has 17 heavy (non-hydrogen) atoms. The lowest BCUT2D eigenvalue weighted by Crippen LogP contribution is -2.30. The summed E-state index contributed by atoms with van der Waals surface area (Å²) in [7, 11) is -1.35. The maximum Gasteiger partial charge on any atom is 0.161 e. The summed E-state index contributed by atoms with van der Waals surface area (Å²) in [5.74, 6) is 0. The van der Waals surface area contributed by atoms with Gasteiger partial charge in [0.05, 0.1) is 10.5 Å². The Kier molecular flexibility index (Phi) is 5.15. The molecule has 0 saturated carbocycles. The van der Waals surface area contributed by atoms with Crippen molar-refractivity contribution >= 4 is 9.84 Å². The molecule has 0 spiro atoms. The van der Waals surface area contributed by atoms with Crippen molar-refractivity contribution in [3.63, 3.8) is 0 Å². The molecule has 0 saturated heterocycles. The van der Waals surface area contributed by atoms with Gasteiger partial charge in [0.15, 0.2) is 9.84 Å². The molecule has 0 bridgehead atoms. The third-order valence-corrected chi connectivity index (χ3v) is 5.78. The summed E-state index contributed by atoms with van der Waals surface area (Å²) in [5, 5.41) is 2.21. The fourth-order valence-corrected chi connectivity index (χ4v) is 3.75. The van der Waals surface area contributed by atoms with E-state index in [-0.39, 0.29) is 5.25 Å². The Balaban J connectivity index is 3.10. The van der Waals surface area contributed by atoms with E-state index in [4.69, 9.17) is 0 Å². The summed E-state index contributed by atoms with van der Waals surface area (Å²) in [6.07, 6.45) is 0.648. The number of hydrogen-bond donors (Lipinski definition) is 1. The number of hydrogen-bond acceptors (Lipinski definition) is 3. The van der Waals surface area contributed by atoms with Crippen LogP contribution in [0.5, 0.6) is 0 Å². The van der Waals surface area contributed by atoms with Crippen molar-refractivity contribution in [3.05, 3.63) is 35.9 Å². The van der Waals surface area contributed by atoms with Gasteiger partial charge in [-0.3, -0.25) is 0 Å². The van der Waals surface area contributed by atoms with Crippen molar-refractivity contribution < 1.29 is 8.42 Å². The average Bonchev–Trinajstić information content (AvgIpc) is 2.35. The first-order valence-corrected chi connectivity index (χ1v) is 7.57. The van der Waals surface area contributed by atoms with Gasteiger partial charge in [0.1, 0.15) is 0 Å². The van der Waals surface area contributed by atoms with Crippen molar-refractivity contribution in [2.45, 2.75) is 30.8 Å². The van der Waals surface area contributed by atoms with Gasteiger partial charge in [0.2, 0.25) is 0 Å². The molecule has 1 aromatic rings. The second-order valence-electron chi connectivity index (χ2n) is 4.26. The summed E-state index contributed by atoms with van der Waals surface area (Å²) >= 11 is 0. The fraction of sp³-hybridized carbons (Fsp3) is 0.538. The maximum absolute atomic E-state index is 12.4. The van der Waals surface area contributed by atoms with Gasteiger partial charge in [-0.1, -0.05) is 37.3 Å². The smallest absolute Gasteiger partial charge is 0.161 e. The molecule has 1 N–H and O–H groups in total. The van der Waals surface area contributed by atoms with E-state index >= 15 is 0 Å². The minimum absolute atomic E-state index is 0.305. The largest absolute Gasteiger partial charge is 0.318 e. The van der Waals surface area contributed by atoms with E-state index in [0.717, 1.165) is 5.56 Å². The zero-order valence-electron chi connectivity index (χ0n) is 10.7. The molecule has 0 aliphatic rings. The second-order valence-corrected chi connectivity index (χ2v) is 6.82. The highest BCUT2D eigenvalue weighted by atomic mass is 32.2. The van der Waals surface area contributed by atoms with Gasteiger partial charge in [-0.15, -0.1) is 0 Å². The Morgan fingerprint density at radius 3 is 2.29 bits per heavy atom. The first kappa shape index (κ1) is 14.2. The number of nitrogens with one attached hydrogen (secondary N) is 1. The topological polar surface area (TPSA) is 46.2 Å². The summed E-state index contributed by atoms with van der Waals surface area (Å²) < 4.78 is 24.8. The quantitative estimate of drug-likeness (QED) is 0.847. The molecular formula is C13H21NO2S. The van der Waals surface area contributed by atoms with Crippen molar-refractivity contribution in [2.24, 2.45) is 0 Å². The van der Waals surface area contributed by atoms with Crippen LogP contribution in [0.15, 0.2) is 30.3 Å². The molecule has 0 amide bonds. The van der Waals surface area contributed by atoms with E-state index < -0.39 is 15.1 Å². The lowest BCUT2D eigenvalue weighted by Gasteiger charge is -2.21. The molecule has 2 atom stereocenters. The van der Waals surface area contributed by atoms with Crippen molar-refractivity contribution in [1.82, 2.24) is 5.32 Å². The van der Waals surface area contributed by atoms with E-state index in [1.54, 1.807) is 14.0 Å². The van der Waals surface area contributed by atoms with Crippen LogP contribution < -0.4 is 5.32 Å². The Morgan fingerprint density at radius 1 is 1.24 bits per heavy atom. The van der Waals surface area contributed by atoms with Crippen LogP contribution in [0.1, 0.15) is 31.1 Å². The summed E-state index contributed by atoms with van der Waals surface area (Å²) in [4.78, 5) is 0. The highest BCUT2D eigenvalue weighted by Crippen LogP contribution is 2.26. The molecule has 2 unspecified atom stereocenters. The third-order valence-electron chi connectivity index (χ3n) is 3.09. The zero-order valence-corrected chi connectivity index (χ0v) is 11.5. The van der Waals surface area contributed by atoms with Crippen molar-refractivity contribution in [2.75, 3.05) is 13.6 Å². The lowest BCUT2D eigenvalue weighted by molar-refractivity contribution is 0.561. The highest BCUT2D eigenvalue weighted by Gasteiger charge is 2.30. The van der Waals surface area contributed by atoms with Crippen LogP contribution in [0.2, 0.25) is 0 Å². The summed E-state index contributed by atoms with van der Waals surface area (Å²) in [6, 6.07) is 9.41. The molecule has 1 rings (SSSR count). The van der Waals surface area contributed by atoms with E-state index in [2.05, 4.69) is 5.32 Å². The Morgan fingerprint density at radius 2 is 1.82 bits per heavy atom. The standard InChI is InChI=1S/C13H21NO2S/c1-4-11(2)17(15,16)13(10-14-3)12-8-6-5-7-9-12/h5-9,11,13-14H,4,10H2,1-3H3. The molecule has 0 aromatic heterocycles. The molecule has 96 valence electrons. The summed E-state index contributed by atoms with van der Waals surface area (Å²) in [5.41, 5.74) is 0.863. The van der Waals surface area contributed by atoms with Crippen LogP contribution >= 0.6 is 0 Å². The van der Waals surface area contributed by atoms with Crippen LogP contribution in [0.4, 0.5) is 0 Å². The molecule has 1 aromatic carbocycles. The van der Waals surface area contributed by atoms with Crippen molar-refractivity contribution in [1.29, 1.82) is 0 Å². The predicted molar refractivity (Wildman–Crippen MR) is 71.8 cm³/mol. The van der Waals surface area contributed by atoms with Gasteiger partial charge in [0.25, 0.3) is 0 Å². The van der Waals surface area contributed by atoms with E-state index in [1.165, 1.54) is 0 Å². The predicted octanol–water partition coefficient (Wildman–Crippen LogP) is 2.16. The van der Waals surface area contributed by atoms with Crippen LogP contribution in [0.25, 0.3) is 0 Å². The normalized spacial score (nSPS) is 15.5. The molecule has 4 heteroatoms. The van der Waals surface area contributed by atoms with Gasteiger partial charge in [0, 0.05) is 6.54 Å². The van der Waals surface area contributed by atoms with Crippen LogP contribution in [-0.4, -0.2) is 27.3 Å². The number of likely N-dealkylation sites (N-methyl/N-ethyl adjacent to an activating group) is 1. The number of sulfone groups is 1. The van der Waals surface area contributed by atoms with Crippen LogP contribution in [0.3, 0.4) is 0 Å². The van der Waals surface area contributed by atoms with Gasteiger partial charge < -0.3 is 5.32 Å². The molecule has 0 aliphatic carbocycles. The lowest BCUT2D eigenvalue weighted by atomic mass is 10.1. The monoisotopic (exact) mass is 255 g/mol. The van der Waals surface area contributed by atoms with Crippen LogP contribution in [0, 0.1) is 0 Å². The zero-order chi connectivity index (χ0) is 12.9. The van der Waals surface area contributed by atoms with Crippen LogP contribution in [-0.2, 0) is 9.84 Å². The minimum atomic E-state index is -3.13. The van der Waals surface area contributed by atoms with E-state index in [9.17, 15) is 8.42 Å². The molecule has 0 radical (unpaired) electrons. The Hall–Kier alpha value is -0.870. The van der Waals surface area contributed by atoms with Crippen molar-refractivity contribution in [3.8, 4) is 0 Å². The van der Waals surface area contributed by atoms with E-state index in [1.807, 2.05) is 37.3 Å². The van der Waals surface area contributed by atoms with Gasteiger partial charge in [-0.05, 0) is 26.0 Å². The Labute approximate surface area is 104 Å². The minimum Gasteiger partial charge on any atom is -0.318 e. The molecule has 3 nitrogen and oxygen atoms in total. The first-order valence-electron chi connectivity index (χ1n) is 5.96. The third kappa shape index (κ3) is 3.30. The van der Waals surface area contributed by atoms with Gasteiger partial charge in [-0.2, -0.15) is 0 Å². The van der Waals surface area contributed by atoms with E-state index in [0.29, 0.717) is 13.0 Å². The SMILES string of the molecule is CCC(C)S(=O)(=O)C(CNC)c1ccccc1. The summed E-state index contributed by atoms with van der Waals surface area (Å²) in [6.45, 7) is 4.14. The molecule has 0 fully saturated rings. The highest BCUT2D eigenvalue weighted by molar-refractivity contribution is 7.92. The maximum atomic E-state index is 12.4. The molecule has 0 aliphatic heterocycles. The molecule has 0 heterocycles. The average molecular weight is 255 g/mol. The molecular weight excluding hydrogens is 234 g/mol. The van der Waals surface area contributed by atoms with Gasteiger partial charge >= 0.3 is 0 Å². The second kappa shape index (κ2) is 6.17. The number of rotatable bonds is 6.